The summed E-state index contributed by atoms with van der Waals surface area (Å²) < 4.78 is 5.30. The van der Waals surface area contributed by atoms with E-state index in [1.165, 1.54) is 6.07 Å². The van der Waals surface area contributed by atoms with Gasteiger partial charge in [0.1, 0.15) is 5.60 Å². The van der Waals surface area contributed by atoms with Crippen molar-refractivity contribution >= 4 is 46.8 Å². The molecule has 9 heteroatoms. The molecule has 0 saturated heterocycles. The normalized spacial score (nSPS) is 12.2. The molecule has 0 aliphatic heterocycles. The standard InChI is InChI=1S/C18H25Cl2N3O4/c1-18(2,3)27-15(24)9-11(5-4-8-22-17(21)26)16(25)23-12-6-7-13(19)14(20)10-12/h6-7,10-11H,4-5,8-9H2,1-3H3,(H,23,25)(H3,21,22,26)/t11-/m1/s1. The summed E-state index contributed by atoms with van der Waals surface area (Å²) in [5, 5.41) is 5.86. The van der Waals surface area contributed by atoms with Crippen molar-refractivity contribution in [2.24, 2.45) is 11.7 Å². The minimum Gasteiger partial charge on any atom is -0.460 e. The molecule has 7 nitrogen and oxygen atoms in total. The number of carbonyl (C=O) groups excluding carboxylic acids is 3. The summed E-state index contributed by atoms with van der Waals surface area (Å²) >= 11 is 11.8. The maximum Gasteiger partial charge on any atom is 0.312 e. The maximum atomic E-state index is 12.6. The van der Waals surface area contributed by atoms with E-state index in [0.717, 1.165) is 0 Å². The Labute approximate surface area is 168 Å². The predicted molar refractivity (Wildman–Crippen MR) is 106 cm³/mol. The number of hydrogen-bond donors (Lipinski definition) is 3. The van der Waals surface area contributed by atoms with Crippen LogP contribution in [0.2, 0.25) is 10.0 Å². The van der Waals surface area contributed by atoms with E-state index in [1.807, 2.05) is 0 Å². The Bertz CT molecular complexity index is 690. The highest BCUT2D eigenvalue weighted by atomic mass is 35.5. The van der Waals surface area contributed by atoms with Crippen molar-refractivity contribution in [1.29, 1.82) is 0 Å². The summed E-state index contributed by atoms with van der Waals surface area (Å²) in [6.45, 7) is 5.58. The van der Waals surface area contributed by atoms with Gasteiger partial charge in [-0.1, -0.05) is 23.2 Å². The van der Waals surface area contributed by atoms with Crippen LogP contribution < -0.4 is 16.4 Å². The van der Waals surface area contributed by atoms with Crippen molar-refractivity contribution in [2.75, 3.05) is 11.9 Å². The van der Waals surface area contributed by atoms with Crippen LogP contribution in [0.25, 0.3) is 0 Å². The molecular weight excluding hydrogens is 393 g/mol. The van der Waals surface area contributed by atoms with Crippen LogP contribution in [-0.4, -0.2) is 30.1 Å². The molecule has 150 valence electrons. The van der Waals surface area contributed by atoms with Crippen LogP contribution in [0.4, 0.5) is 10.5 Å². The molecule has 0 aromatic heterocycles. The van der Waals surface area contributed by atoms with Crippen LogP contribution in [0, 0.1) is 5.92 Å². The van der Waals surface area contributed by atoms with E-state index < -0.39 is 23.5 Å². The summed E-state index contributed by atoms with van der Waals surface area (Å²) in [6.07, 6.45) is 0.763. The Balaban J connectivity index is 2.77. The van der Waals surface area contributed by atoms with E-state index in [-0.39, 0.29) is 12.3 Å². The predicted octanol–water partition coefficient (Wildman–Crippen LogP) is 3.73. The number of ether oxygens (including phenoxy) is 1. The number of rotatable bonds is 8. The Kier molecular flexibility index (Phi) is 8.85. The van der Waals surface area contributed by atoms with Gasteiger partial charge in [0, 0.05) is 18.2 Å². The third kappa shape index (κ3) is 9.49. The first-order valence-corrected chi connectivity index (χ1v) is 9.24. The minimum absolute atomic E-state index is 0.0823. The van der Waals surface area contributed by atoms with E-state index in [0.29, 0.717) is 35.1 Å². The first kappa shape index (κ1) is 23.0. The lowest BCUT2D eigenvalue weighted by Gasteiger charge is -2.22. The fourth-order valence-corrected chi connectivity index (χ4v) is 2.59. The van der Waals surface area contributed by atoms with Gasteiger partial charge < -0.3 is 21.1 Å². The molecule has 0 aliphatic rings. The van der Waals surface area contributed by atoms with Crippen molar-refractivity contribution < 1.29 is 19.1 Å². The second-order valence-electron chi connectivity index (χ2n) is 7.04. The van der Waals surface area contributed by atoms with E-state index in [2.05, 4.69) is 10.6 Å². The van der Waals surface area contributed by atoms with Gasteiger partial charge in [-0.15, -0.1) is 0 Å². The van der Waals surface area contributed by atoms with E-state index in [9.17, 15) is 14.4 Å². The topological polar surface area (TPSA) is 111 Å². The summed E-state index contributed by atoms with van der Waals surface area (Å²) in [5.74, 6) is -1.46. The monoisotopic (exact) mass is 417 g/mol. The largest absolute Gasteiger partial charge is 0.460 e. The van der Waals surface area contributed by atoms with Crippen LogP contribution in [-0.2, 0) is 14.3 Å². The maximum absolute atomic E-state index is 12.6. The highest BCUT2D eigenvalue weighted by Crippen LogP contribution is 2.26. The molecule has 0 heterocycles. The number of nitrogens with one attached hydrogen (secondary N) is 2. The third-order valence-corrected chi connectivity index (χ3v) is 4.16. The number of esters is 1. The number of benzene rings is 1. The molecule has 0 spiro atoms. The summed E-state index contributed by atoms with van der Waals surface area (Å²) in [4.78, 5) is 35.5. The molecule has 1 atom stereocenters. The van der Waals surface area contributed by atoms with Crippen molar-refractivity contribution in [1.82, 2.24) is 5.32 Å². The Morgan fingerprint density at radius 3 is 2.41 bits per heavy atom. The lowest BCUT2D eigenvalue weighted by molar-refractivity contribution is -0.157. The van der Waals surface area contributed by atoms with Gasteiger partial charge in [-0.2, -0.15) is 0 Å². The number of amides is 3. The SMILES string of the molecule is CC(C)(C)OC(=O)C[C@@H](CCCNC(N)=O)C(=O)Nc1ccc(Cl)c(Cl)c1. The smallest absolute Gasteiger partial charge is 0.312 e. The molecular formula is C18H25Cl2N3O4. The van der Waals surface area contributed by atoms with Crippen molar-refractivity contribution in [3.8, 4) is 0 Å². The molecule has 0 aliphatic carbocycles. The fraction of sp³-hybridized carbons (Fsp3) is 0.500. The van der Waals surface area contributed by atoms with Gasteiger partial charge in [0.05, 0.1) is 16.5 Å². The Hall–Kier alpha value is -1.99. The lowest BCUT2D eigenvalue weighted by Crippen LogP contribution is -2.32. The number of carbonyl (C=O) groups is 3. The highest BCUT2D eigenvalue weighted by Gasteiger charge is 2.25. The van der Waals surface area contributed by atoms with Crippen LogP contribution in [0.5, 0.6) is 0 Å². The zero-order chi connectivity index (χ0) is 20.6. The number of hydrogen-bond acceptors (Lipinski definition) is 4. The average Bonchev–Trinajstić information content (AvgIpc) is 2.51. The first-order chi connectivity index (χ1) is 12.5. The average molecular weight is 418 g/mol. The van der Waals surface area contributed by atoms with Crippen LogP contribution in [0.1, 0.15) is 40.0 Å². The fourth-order valence-electron chi connectivity index (χ4n) is 2.29. The molecule has 4 N–H and O–H groups in total. The number of nitrogens with two attached hydrogens (primary N) is 1. The van der Waals surface area contributed by atoms with E-state index in [4.69, 9.17) is 33.7 Å². The van der Waals surface area contributed by atoms with Crippen molar-refractivity contribution in [2.45, 2.75) is 45.6 Å². The summed E-state index contributed by atoms with van der Waals surface area (Å²) in [6, 6.07) is 4.07. The van der Waals surface area contributed by atoms with E-state index >= 15 is 0 Å². The first-order valence-electron chi connectivity index (χ1n) is 8.49. The molecule has 1 rings (SSSR count). The zero-order valence-corrected chi connectivity index (χ0v) is 17.1. The van der Waals surface area contributed by atoms with Gasteiger partial charge in [-0.3, -0.25) is 9.59 Å². The van der Waals surface area contributed by atoms with Gasteiger partial charge in [0.25, 0.3) is 0 Å². The summed E-state index contributed by atoms with van der Waals surface area (Å²) in [5.41, 5.74) is 4.85. The van der Waals surface area contributed by atoms with Crippen LogP contribution >= 0.6 is 23.2 Å². The minimum atomic E-state index is -0.644. The summed E-state index contributed by atoms with van der Waals surface area (Å²) in [7, 11) is 0. The molecule has 3 amide bonds. The number of primary amides is 1. The molecule has 1 aromatic rings. The van der Waals surface area contributed by atoms with Crippen LogP contribution in [0.15, 0.2) is 18.2 Å². The molecule has 0 bridgehead atoms. The van der Waals surface area contributed by atoms with Gasteiger partial charge in [-0.05, 0) is 51.8 Å². The second-order valence-corrected chi connectivity index (χ2v) is 7.85. The number of urea groups is 1. The Morgan fingerprint density at radius 2 is 1.85 bits per heavy atom. The van der Waals surface area contributed by atoms with Crippen LogP contribution in [0.3, 0.4) is 0 Å². The molecule has 0 unspecified atom stereocenters. The number of halogens is 2. The molecule has 0 radical (unpaired) electrons. The molecule has 27 heavy (non-hydrogen) atoms. The zero-order valence-electron chi connectivity index (χ0n) is 15.6. The van der Waals surface area contributed by atoms with Gasteiger partial charge in [0.2, 0.25) is 5.91 Å². The molecule has 1 aromatic carbocycles. The third-order valence-electron chi connectivity index (χ3n) is 3.42. The highest BCUT2D eigenvalue weighted by molar-refractivity contribution is 6.42. The number of anilines is 1. The lowest BCUT2D eigenvalue weighted by atomic mass is 9.98. The van der Waals surface area contributed by atoms with E-state index in [1.54, 1.807) is 32.9 Å². The van der Waals surface area contributed by atoms with Crippen molar-refractivity contribution in [3.63, 3.8) is 0 Å². The second kappa shape index (κ2) is 10.4. The van der Waals surface area contributed by atoms with Crippen molar-refractivity contribution in [3.05, 3.63) is 28.2 Å². The quantitative estimate of drug-likeness (QED) is 0.441. The molecule has 0 fully saturated rings. The Morgan fingerprint density at radius 1 is 1.19 bits per heavy atom. The van der Waals surface area contributed by atoms with Gasteiger partial charge >= 0.3 is 12.0 Å². The van der Waals surface area contributed by atoms with Gasteiger partial charge in [-0.25, -0.2) is 4.79 Å². The van der Waals surface area contributed by atoms with Gasteiger partial charge in [0.15, 0.2) is 0 Å². The molecule has 0 saturated carbocycles.